The summed E-state index contributed by atoms with van der Waals surface area (Å²) in [4.78, 5) is 30.8. The lowest BCUT2D eigenvalue weighted by Gasteiger charge is -2.35. The smallest absolute Gasteiger partial charge is 0.236 e. The van der Waals surface area contributed by atoms with Crippen molar-refractivity contribution < 1.29 is 18.7 Å². The Morgan fingerprint density at radius 2 is 1.50 bits per heavy atom. The van der Waals surface area contributed by atoms with Gasteiger partial charge in [0.2, 0.25) is 11.8 Å². The van der Waals surface area contributed by atoms with E-state index in [2.05, 4.69) is 4.90 Å². The number of amides is 2. The molecule has 0 bridgehead atoms. The minimum Gasteiger partial charge on any atom is -0.490 e. The summed E-state index contributed by atoms with van der Waals surface area (Å²) in [6, 6.07) is 6.19. The van der Waals surface area contributed by atoms with E-state index in [9.17, 15) is 14.0 Å². The SMILES string of the molecule is O=C(CCOc1ccccc1F)N1CCN(CC(=O)N2CCCCCC2)CC1. The van der Waals surface area contributed by atoms with Crippen molar-refractivity contribution in [1.29, 1.82) is 0 Å². The van der Waals surface area contributed by atoms with Crippen molar-refractivity contribution in [1.82, 2.24) is 14.7 Å². The Morgan fingerprint density at radius 3 is 2.18 bits per heavy atom. The van der Waals surface area contributed by atoms with Crippen LogP contribution in [0.1, 0.15) is 32.1 Å². The van der Waals surface area contributed by atoms with Crippen molar-refractivity contribution in [3.05, 3.63) is 30.1 Å². The van der Waals surface area contributed by atoms with Crippen LogP contribution in [0.4, 0.5) is 4.39 Å². The number of hydrogen-bond donors (Lipinski definition) is 0. The number of nitrogens with zero attached hydrogens (tertiary/aromatic N) is 3. The zero-order valence-corrected chi connectivity index (χ0v) is 16.4. The Morgan fingerprint density at radius 1 is 0.857 bits per heavy atom. The van der Waals surface area contributed by atoms with Crippen LogP contribution in [0.3, 0.4) is 0 Å². The van der Waals surface area contributed by atoms with E-state index in [-0.39, 0.29) is 30.6 Å². The molecule has 0 atom stereocenters. The molecule has 0 spiro atoms. The van der Waals surface area contributed by atoms with Gasteiger partial charge in [-0.3, -0.25) is 14.5 Å². The second kappa shape index (κ2) is 10.4. The first kappa shape index (κ1) is 20.6. The Balaban J connectivity index is 1.35. The molecule has 2 aliphatic heterocycles. The van der Waals surface area contributed by atoms with Gasteiger partial charge in [-0.2, -0.15) is 0 Å². The van der Waals surface area contributed by atoms with Crippen molar-refractivity contribution in [2.24, 2.45) is 0 Å². The number of halogens is 1. The lowest BCUT2D eigenvalue weighted by atomic mass is 10.2. The molecule has 1 aromatic carbocycles. The number of rotatable bonds is 6. The Bertz CT molecular complexity index is 654. The Hall–Kier alpha value is -2.15. The van der Waals surface area contributed by atoms with E-state index in [4.69, 9.17) is 4.74 Å². The molecule has 2 heterocycles. The van der Waals surface area contributed by atoms with E-state index in [1.54, 1.807) is 23.1 Å². The average molecular weight is 391 g/mol. The molecule has 0 aromatic heterocycles. The van der Waals surface area contributed by atoms with Gasteiger partial charge in [0.05, 0.1) is 19.6 Å². The Labute approximate surface area is 166 Å². The average Bonchev–Trinajstić information content (AvgIpc) is 2.99. The molecule has 2 saturated heterocycles. The Kier molecular flexibility index (Phi) is 7.65. The molecule has 0 saturated carbocycles. The van der Waals surface area contributed by atoms with Gasteiger partial charge in [-0.25, -0.2) is 4.39 Å². The minimum absolute atomic E-state index is 0.00911. The molecule has 3 rings (SSSR count). The van der Waals surface area contributed by atoms with Crippen LogP contribution in [0.25, 0.3) is 0 Å². The lowest BCUT2D eigenvalue weighted by molar-refractivity contribution is -0.135. The number of para-hydroxylation sites is 1. The van der Waals surface area contributed by atoms with Crippen LogP contribution in [0.5, 0.6) is 5.75 Å². The van der Waals surface area contributed by atoms with E-state index < -0.39 is 5.82 Å². The number of carbonyl (C=O) groups excluding carboxylic acids is 2. The molecule has 0 radical (unpaired) electrons. The number of hydrogen-bond acceptors (Lipinski definition) is 4. The van der Waals surface area contributed by atoms with E-state index in [0.29, 0.717) is 32.7 Å². The third kappa shape index (κ3) is 5.92. The van der Waals surface area contributed by atoms with Crippen molar-refractivity contribution in [3.63, 3.8) is 0 Å². The summed E-state index contributed by atoms with van der Waals surface area (Å²) in [5, 5.41) is 0. The summed E-state index contributed by atoms with van der Waals surface area (Å²) in [6.07, 6.45) is 4.85. The highest BCUT2D eigenvalue weighted by Crippen LogP contribution is 2.16. The summed E-state index contributed by atoms with van der Waals surface area (Å²) in [7, 11) is 0. The van der Waals surface area contributed by atoms with Crippen molar-refractivity contribution in [2.75, 3.05) is 52.4 Å². The van der Waals surface area contributed by atoms with Gasteiger partial charge in [0.25, 0.3) is 0 Å². The summed E-state index contributed by atoms with van der Waals surface area (Å²) < 4.78 is 18.9. The molecule has 2 aliphatic rings. The predicted molar refractivity (Wildman–Crippen MR) is 105 cm³/mol. The first-order valence-electron chi connectivity index (χ1n) is 10.3. The standard InChI is InChI=1S/C21H30FN3O3/c22-18-7-3-4-8-19(18)28-16-9-20(26)25-14-12-23(13-15-25)17-21(27)24-10-5-1-2-6-11-24/h3-4,7-8H,1-2,5-6,9-17H2. The third-order valence-corrected chi connectivity index (χ3v) is 5.45. The first-order valence-corrected chi connectivity index (χ1v) is 10.3. The molecule has 2 amide bonds. The fraction of sp³-hybridized carbons (Fsp3) is 0.619. The first-order chi connectivity index (χ1) is 13.6. The van der Waals surface area contributed by atoms with Gasteiger partial charge in [0.15, 0.2) is 11.6 Å². The number of benzene rings is 1. The molecule has 0 N–H and O–H groups in total. The zero-order valence-electron chi connectivity index (χ0n) is 16.4. The minimum atomic E-state index is -0.419. The molecule has 7 heteroatoms. The van der Waals surface area contributed by atoms with Gasteiger partial charge in [-0.05, 0) is 25.0 Å². The quantitative estimate of drug-likeness (QED) is 0.746. The van der Waals surface area contributed by atoms with Crippen molar-refractivity contribution in [2.45, 2.75) is 32.1 Å². The maximum Gasteiger partial charge on any atom is 0.236 e. The van der Waals surface area contributed by atoms with Crippen molar-refractivity contribution in [3.8, 4) is 5.75 Å². The van der Waals surface area contributed by atoms with Gasteiger partial charge in [0.1, 0.15) is 0 Å². The predicted octanol–water partition coefficient (Wildman–Crippen LogP) is 2.14. The molecular weight excluding hydrogens is 361 g/mol. The second-order valence-electron chi connectivity index (χ2n) is 7.48. The van der Waals surface area contributed by atoms with Crippen LogP contribution in [0.15, 0.2) is 24.3 Å². The van der Waals surface area contributed by atoms with Crippen LogP contribution in [-0.4, -0.2) is 78.9 Å². The highest BCUT2D eigenvalue weighted by atomic mass is 19.1. The van der Waals surface area contributed by atoms with Gasteiger partial charge >= 0.3 is 0 Å². The van der Waals surface area contributed by atoms with Gasteiger partial charge in [0, 0.05) is 39.3 Å². The van der Waals surface area contributed by atoms with E-state index in [1.165, 1.54) is 18.9 Å². The van der Waals surface area contributed by atoms with Crippen LogP contribution in [-0.2, 0) is 9.59 Å². The van der Waals surface area contributed by atoms with Crippen molar-refractivity contribution >= 4 is 11.8 Å². The fourth-order valence-electron chi connectivity index (χ4n) is 3.73. The summed E-state index contributed by atoms with van der Waals surface area (Å²) in [5.41, 5.74) is 0. The van der Waals surface area contributed by atoms with E-state index in [0.717, 1.165) is 25.9 Å². The number of carbonyl (C=O) groups is 2. The molecule has 6 nitrogen and oxygen atoms in total. The van der Waals surface area contributed by atoms with Crippen LogP contribution >= 0.6 is 0 Å². The van der Waals surface area contributed by atoms with E-state index in [1.807, 2.05) is 4.90 Å². The maximum atomic E-state index is 13.5. The number of piperazine rings is 1. The normalized spacial score (nSPS) is 18.6. The third-order valence-electron chi connectivity index (χ3n) is 5.45. The van der Waals surface area contributed by atoms with Gasteiger partial charge in [-0.1, -0.05) is 25.0 Å². The molecule has 1 aromatic rings. The molecule has 28 heavy (non-hydrogen) atoms. The largest absolute Gasteiger partial charge is 0.490 e. The molecule has 0 aliphatic carbocycles. The van der Waals surface area contributed by atoms with Crippen LogP contribution < -0.4 is 4.74 Å². The fourth-order valence-corrected chi connectivity index (χ4v) is 3.73. The number of ether oxygens (including phenoxy) is 1. The highest BCUT2D eigenvalue weighted by molar-refractivity contribution is 5.78. The van der Waals surface area contributed by atoms with Crippen LogP contribution in [0.2, 0.25) is 0 Å². The summed E-state index contributed by atoms with van der Waals surface area (Å²) in [5.74, 6) is -0.0282. The van der Waals surface area contributed by atoms with Gasteiger partial charge < -0.3 is 14.5 Å². The maximum absolute atomic E-state index is 13.5. The molecule has 0 unspecified atom stereocenters. The lowest BCUT2D eigenvalue weighted by Crippen LogP contribution is -2.51. The van der Waals surface area contributed by atoms with Gasteiger partial charge in [-0.15, -0.1) is 0 Å². The molecular formula is C21H30FN3O3. The summed E-state index contributed by atoms with van der Waals surface area (Å²) >= 11 is 0. The zero-order chi connectivity index (χ0) is 19.8. The topological polar surface area (TPSA) is 53.1 Å². The monoisotopic (exact) mass is 391 g/mol. The molecule has 2 fully saturated rings. The van der Waals surface area contributed by atoms with E-state index >= 15 is 0 Å². The highest BCUT2D eigenvalue weighted by Gasteiger charge is 2.24. The molecule has 154 valence electrons. The van der Waals surface area contributed by atoms with Crippen LogP contribution in [0, 0.1) is 5.82 Å². The number of likely N-dealkylation sites (tertiary alicyclic amines) is 1. The second-order valence-corrected chi connectivity index (χ2v) is 7.48. The summed E-state index contributed by atoms with van der Waals surface area (Å²) in [6.45, 7) is 5.00.